The van der Waals surface area contributed by atoms with Crippen LogP contribution in [-0.4, -0.2) is 37.9 Å². The van der Waals surface area contributed by atoms with Gasteiger partial charge in [-0.1, -0.05) is 18.2 Å². The van der Waals surface area contributed by atoms with E-state index < -0.39 is 5.91 Å². The number of nitrogens with one attached hydrogen (secondary N) is 1. The standard InChI is InChI=1S/C18H18N4.C7H8N2O2.Os/c1-4-10-19-16(7-1)13-22(14-17-8-2-5-11-20-17)15-18-9-3-6-12-21-18;1-11-5-2-3-9-6(4-5)7(8)10;/h1-12H,13-15H2;2-4H,1H3,(H2,8,10);/q;;+1/p-1. The summed E-state index contributed by atoms with van der Waals surface area (Å²) >= 11 is 0. The summed E-state index contributed by atoms with van der Waals surface area (Å²) in [4.78, 5) is 29.7. The Hall–Kier alpha value is -3.53. The first-order valence-corrected chi connectivity index (χ1v) is 10.3. The number of hydrogen-bond donors (Lipinski definition) is 0. The maximum Gasteiger partial charge on any atom is 1.00 e. The number of carbonyl (C=O) groups excluding carboxylic acids is 1. The van der Waals surface area contributed by atoms with E-state index in [1.807, 2.05) is 73.2 Å². The maximum absolute atomic E-state index is 10.5. The van der Waals surface area contributed by atoms with Crippen LogP contribution in [0.25, 0.3) is 5.73 Å². The smallest absolute Gasteiger partial charge is 0.662 e. The fourth-order valence-corrected chi connectivity index (χ4v) is 2.99. The molecule has 0 aliphatic heterocycles. The van der Waals surface area contributed by atoms with Crippen molar-refractivity contribution in [3.05, 3.63) is 120 Å². The Kier molecular flexibility index (Phi) is 11.5. The molecule has 0 unspecified atom stereocenters. The molecule has 4 rings (SSSR count). The van der Waals surface area contributed by atoms with Gasteiger partial charge in [0.05, 0.1) is 35.8 Å². The number of hydrogen-bond acceptors (Lipinski definition) is 7. The number of methoxy groups -OCH3 is 1. The molecule has 4 heterocycles. The first kappa shape index (κ1) is 26.7. The number of nitrogens with zero attached hydrogens (tertiary/aromatic N) is 5. The second-order valence-corrected chi connectivity index (χ2v) is 7.02. The van der Waals surface area contributed by atoms with Gasteiger partial charge in [-0.05, 0) is 42.5 Å². The van der Waals surface area contributed by atoms with Crippen LogP contribution in [0.3, 0.4) is 0 Å². The molecule has 0 fully saturated rings. The molecule has 4 aromatic rings. The number of carbonyl (C=O) groups is 1. The number of amides is 1. The quantitative estimate of drug-likeness (QED) is 0.285. The average molecular weight is 632 g/mol. The van der Waals surface area contributed by atoms with Gasteiger partial charge in [-0.2, -0.15) is 0 Å². The summed E-state index contributed by atoms with van der Waals surface area (Å²) in [7, 11) is 1.49. The second kappa shape index (κ2) is 14.6. The zero-order valence-electron chi connectivity index (χ0n) is 18.7. The molecule has 1 N–H and O–H groups in total. The van der Waals surface area contributed by atoms with Crippen molar-refractivity contribution in [2.24, 2.45) is 0 Å². The molecule has 0 aromatic carbocycles. The van der Waals surface area contributed by atoms with E-state index >= 15 is 0 Å². The molecule has 1 amide bonds. The molecule has 0 saturated carbocycles. The van der Waals surface area contributed by atoms with E-state index in [4.69, 9.17) is 10.5 Å². The van der Waals surface area contributed by atoms with Crippen LogP contribution in [0.1, 0.15) is 27.6 Å². The zero-order valence-corrected chi connectivity index (χ0v) is 21.2. The van der Waals surface area contributed by atoms with E-state index in [0.29, 0.717) is 5.75 Å². The minimum Gasteiger partial charge on any atom is -0.662 e. The summed E-state index contributed by atoms with van der Waals surface area (Å²) in [6.45, 7) is 2.32. The van der Waals surface area contributed by atoms with Crippen LogP contribution in [0.4, 0.5) is 0 Å². The summed E-state index contributed by atoms with van der Waals surface area (Å²) in [5.74, 6) is -0.264. The largest absolute Gasteiger partial charge is 1.00 e. The maximum atomic E-state index is 10.5. The monoisotopic (exact) mass is 633 g/mol. The average Bonchev–Trinajstić information content (AvgIpc) is 2.86. The van der Waals surface area contributed by atoms with Gasteiger partial charge in [-0.15, -0.1) is 0 Å². The van der Waals surface area contributed by atoms with Crippen molar-refractivity contribution in [1.29, 1.82) is 0 Å². The Morgan fingerprint density at radius 2 is 1.24 bits per heavy atom. The predicted octanol–water partition coefficient (Wildman–Crippen LogP) is 4.35. The van der Waals surface area contributed by atoms with Crippen LogP contribution >= 0.6 is 0 Å². The molecular weight excluding hydrogens is 607 g/mol. The number of ether oxygens (including phenoxy) is 1. The van der Waals surface area contributed by atoms with E-state index in [9.17, 15) is 4.79 Å². The second-order valence-electron chi connectivity index (χ2n) is 7.02. The molecular formula is C25H25N6O2Os. The molecule has 4 aromatic heterocycles. The zero-order chi connectivity index (χ0) is 23.3. The van der Waals surface area contributed by atoms with Crippen LogP contribution in [0.2, 0.25) is 0 Å². The number of pyridine rings is 4. The Bertz CT molecular complexity index is 1020. The van der Waals surface area contributed by atoms with Gasteiger partial charge < -0.3 is 15.3 Å². The van der Waals surface area contributed by atoms with E-state index in [1.165, 1.54) is 19.4 Å². The van der Waals surface area contributed by atoms with E-state index in [-0.39, 0.29) is 25.5 Å². The topological polar surface area (TPSA) is 105 Å². The summed E-state index contributed by atoms with van der Waals surface area (Å²) in [5.41, 5.74) is 9.99. The van der Waals surface area contributed by atoms with Crippen molar-refractivity contribution in [3.63, 3.8) is 0 Å². The summed E-state index contributed by atoms with van der Waals surface area (Å²) in [6.07, 6.45) is 6.92. The van der Waals surface area contributed by atoms with Crippen molar-refractivity contribution in [1.82, 2.24) is 24.8 Å². The molecule has 0 aliphatic rings. The molecule has 0 saturated heterocycles. The fraction of sp³-hybridized carbons (Fsp3) is 0.160. The Labute approximate surface area is 212 Å². The van der Waals surface area contributed by atoms with Crippen molar-refractivity contribution in [3.8, 4) is 5.75 Å². The first-order chi connectivity index (χ1) is 16.1. The minimum absolute atomic E-state index is 0. The van der Waals surface area contributed by atoms with Crippen molar-refractivity contribution in [2.75, 3.05) is 7.11 Å². The van der Waals surface area contributed by atoms with Gasteiger partial charge in [0, 0.05) is 50.5 Å². The molecule has 0 bridgehead atoms. The van der Waals surface area contributed by atoms with Gasteiger partial charge in [0.15, 0.2) is 0 Å². The van der Waals surface area contributed by atoms with Crippen LogP contribution in [0.5, 0.6) is 5.75 Å². The van der Waals surface area contributed by atoms with E-state index in [1.54, 1.807) is 6.07 Å². The molecule has 34 heavy (non-hydrogen) atoms. The SMILES string of the molecule is COc1ccnc(C([NH-])=O)c1.[Os+].c1ccc(CN(Cc2ccccn2)Cc2ccccn2)nc1. The van der Waals surface area contributed by atoms with Gasteiger partial charge in [0.25, 0.3) is 0 Å². The first-order valence-electron chi connectivity index (χ1n) is 10.3. The van der Waals surface area contributed by atoms with Gasteiger partial charge in [0.2, 0.25) is 0 Å². The van der Waals surface area contributed by atoms with Crippen LogP contribution in [0, 0.1) is 0 Å². The van der Waals surface area contributed by atoms with Crippen LogP contribution in [0.15, 0.2) is 91.5 Å². The molecule has 9 heteroatoms. The minimum atomic E-state index is -0.802. The third kappa shape index (κ3) is 9.14. The summed E-state index contributed by atoms with van der Waals surface area (Å²) < 4.78 is 4.83. The fourth-order valence-electron chi connectivity index (χ4n) is 2.99. The summed E-state index contributed by atoms with van der Waals surface area (Å²) in [6, 6.07) is 21.0. The van der Waals surface area contributed by atoms with Gasteiger partial charge in [0.1, 0.15) is 5.75 Å². The molecule has 0 atom stereocenters. The third-order valence-electron chi connectivity index (χ3n) is 4.53. The Morgan fingerprint density at radius 1 is 0.765 bits per heavy atom. The van der Waals surface area contributed by atoms with Crippen molar-refractivity contribution < 1.29 is 29.3 Å². The molecule has 0 aliphatic carbocycles. The number of rotatable bonds is 8. The molecule has 175 valence electrons. The van der Waals surface area contributed by atoms with Crippen molar-refractivity contribution in [2.45, 2.75) is 19.6 Å². The van der Waals surface area contributed by atoms with E-state index in [0.717, 1.165) is 36.7 Å². The number of aromatic nitrogens is 4. The third-order valence-corrected chi connectivity index (χ3v) is 4.53. The molecule has 0 spiro atoms. The molecule has 1 radical (unpaired) electrons. The van der Waals surface area contributed by atoms with Gasteiger partial charge >= 0.3 is 19.8 Å². The molecule has 8 nitrogen and oxygen atoms in total. The van der Waals surface area contributed by atoms with E-state index in [2.05, 4.69) is 24.8 Å². The summed E-state index contributed by atoms with van der Waals surface area (Å²) in [5, 5.41) is 0. The Balaban J connectivity index is 0.000000289. The van der Waals surface area contributed by atoms with Crippen LogP contribution in [-0.2, 0) is 39.4 Å². The van der Waals surface area contributed by atoms with Gasteiger partial charge in [-0.3, -0.25) is 24.8 Å². The van der Waals surface area contributed by atoms with Gasteiger partial charge in [-0.25, -0.2) is 0 Å². The van der Waals surface area contributed by atoms with Crippen molar-refractivity contribution >= 4 is 5.91 Å². The normalized spacial score (nSPS) is 9.94. The predicted molar refractivity (Wildman–Crippen MR) is 125 cm³/mol. The Morgan fingerprint density at radius 3 is 1.59 bits per heavy atom. The van der Waals surface area contributed by atoms with Crippen LogP contribution < -0.4 is 4.74 Å².